The Morgan fingerprint density at radius 3 is 1.03 bits per heavy atom. The first kappa shape index (κ1) is 41.1. The van der Waals surface area contributed by atoms with Crippen LogP contribution in [0.3, 0.4) is 0 Å². The smallest absolute Gasteiger partial charge is 0.102 e. The van der Waals surface area contributed by atoms with E-state index in [0.717, 1.165) is 62.6 Å². The number of hydrogen-bond donors (Lipinski definition) is 3. The molecule has 0 aromatic carbocycles. The standard InChI is InChI=1S/C31H66NO6.ClH/c1-5-8-11-14-17-29(33)26-36-23-20-32(4,21-24-37-27-30(34)18-15-12-9-6-2)22-25-38-28-31(35)19-16-13-10-7-3;/h29-31,33-35H,5-28H2,1-4H3;1H/q+1;/p-1. The van der Waals surface area contributed by atoms with Crippen LogP contribution in [0.25, 0.3) is 0 Å². The fourth-order valence-electron chi connectivity index (χ4n) is 4.52. The van der Waals surface area contributed by atoms with Crippen molar-refractivity contribution in [2.45, 2.75) is 135 Å². The summed E-state index contributed by atoms with van der Waals surface area (Å²) < 4.78 is 18.2. The molecule has 0 radical (unpaired) electrons. The van der Waals surface area contributed by atoms with Crippen molar-refractivity contribution in [3.63, 3.8) is 0 Å². The highest BCUT2D eigenvalue weighted by molar-refractivity contribution is 4.57. The van der Waals surface area contributed by atoms with Crippen molar-refractivity contribution >= 4 is 0 Å². The summed E-state index contributed by atoms with van der Waals surface area (Å²) in [6, 6.07) is 0. The fourth-order valence-corrected chi connectivity index (χ4v) is 4.52. The SMILES string of the molecule is CCCCCCC(O)COCC[N+](C)(CCOCC(O)CCCCCC)CCOCC(O)CCCCCC.[Cl-]. The number of likely N-dealkylation sites (N-methyl/N-ethyl adjacent to an activating group) is 1. The van der Waals surface area contributed by atoms with Gasteiger partial charge in [-0.3, -0.25) is 0 Å². The number of hydrogen-bond acceptors (Lipinski definition) is 6. The summed E-state index contributed by atoms with van der Waals surface area (Å²) in [6.45, 7) is 11.8. The first-order chi connectivity index (χ1) is 18.4. The van der Waals surface area contributed by atoms with Crippen molar-refractivity contribution in [3.8, 4) is 0 Å². The number of ether oxygens (including phenoxy) is 3. The molecular weight excluding hydrogens is 518 g/mol. The van der Waals surface area contributed by atoms with Crippen LogP contribution < -0.4 is 12.4 Å². The van der Waals surface area contributed by atoms with Crippen LogP contribution in [0.1, 0.15) is 117 Å². The molecule has 0 heterocycles. The Kier molecular flexibility index (Phi) is 31.1. The molecule has 0 fully saturated rings. The van der Waals surface area contributed by atoms with Gasteiger partial charge >= 0.3 is 0 Å². The van der Waals surface area contributed by atoms with E-state index in [-0.39, 0.29) is 12.4 Å². The second-order valence-corrected chi connectivity index (χ2v) is 11.5. The molecule has 8 heteroatoms. The number of quaternary nitrogens is 1. The number of nitrogens with zero attached hydrogens (tertiary/aromatic N) is 1. The van der Waals surface area contributed by atoms with E-state index in [0.29, 0.717) is 39.6 Å². The zero-order valence-corrected chi connectivity index (χ0v) is 26.9. The third-order valence-electron chi connectivity index (χ3n) is 7.43. The van der Waals surface area contributed by atoms with E-state index in [1.54, 1.807) is 0 Å². The topological polar surface area (TPSA) is 88.4 Å². The quantitative estimate of drug-likeness (QED) is 0.0889. The molecule has 0 spiro atoms. The van der Waals surface area contributed by atoms with Gasteiger partial charge < -0.3 is 46.4 Å². The summed E-state index contributed by atoms with van der Waals surface area (Å²) in [5, 5.41) is 30.6. The monoisotopic (exact) mass is 583 g/mol. The first-order valence-electron chi connectivity index (χ1n) is 16.0. The van der Waals surface area contributed by atoms with Crippen LogP contribution in [0.15, 0.2) is 0 Å². The van der Waals surface area contributed by atoms with E-state index < -0.39 is 18.3 Å². The molecule has 0 rings (SSSR count). The van der Waals surface area contributed by atoms with E-state index in [1.807, 2.05) is 0 Å². The van der Waals surface area contributed by atoms with Gasteiger partial charge in [0.1, 0.15) is 19.6 Å². The average Bonchev–Trinajstić information content (AvgIpc) is 2.90. The maximum absolute atomic E-state index is 10.2. The van der Waals surface area contributed by atoms with E-state index in [9.17, 15) is 15.3 Å². The van der Waals surface area contributed by atoms with Crippen molar-refractivity contribution in [2.24, 2.45) is 0 Å². The molecule has 0 saturated carbocycles. The predicted molar refractivity (Wildman–Crippen MR) is 158 cm³/mol. The molecule has 0 aromatic heterocycles. The molecule has 0 amide bonds. The van der Waals surface area contributed by atoms with Crippen molar-refractivity contribution < 1.29 is 46.4 Å². The largest absolute Gasteiger partial charge is 1.00 e. The van der Waals surface area contributed by atoms with E-state index in [4.69, 9.17) is 14.2 Å². The second kappa shape index (κ2) is 29.5. The van der Waals surface area contributed by atoms with Crippen molar-refractivity contribution in [1.82, 2.24) is 0 Å². The fraction of sp³-hybridized carbons (Fsp3) is 1.00. The highest BCUT2D eigenvalue weighted by atomic mass is 35.5. The molecule has 7 nitrogen and oxygen atoms in total. The van der Waals surface area contributed by atoms with Gasteiger partial charge in [-0.1, -0.05) is 97.8 Å². The molecule has 0 aliphatic heterocycles. The van der Waals surface area contributed by atoms with Gasteiger partial charge in [-0.15, -0.1) is 0 Å². The second-order valence-electron chi connectivity index (χ2n) is 11.5. The summed E-state index contributed by atoms with van der Waals surface area (Å²) in [5.41, 5.74) is 0. The van der Waals surface area contributed by atoms with Crippen LogP contribution >= 0.6 is 0 Å². The molecule has 39 heavy (non-hydrogen) atoms. The Bertz CT molecular complexity index is 423. The van der Waals surface area contributed by atoms with Crippen LogP contribution in [0, 0.1) is 0 Å². The number of aliphatic hydroxyl groups is 3. The third-order valence-corrected chi connectivity index (χ3v) is 7.43. The van der Waals surface area contributed by atoms with E-state index in [1.165, 1.54) is 57.8 Å². The van der Waals surface area contributed by atoms with Crippen molar-refractivity contribution in [2.75, 3.05) is 66.3 Å². The molecule has 3 unspecified atom stereocenters. The number of aliphatic hydroxyl groups excluding tert-OH is 3. The zero-order valence-electron chi connectivity index (χ0n) is 26.1. The van der Waals surface area contributed by atoms with Crippen LogP contribution in [0.4, 0.5) is 0 Å². The molecule has 0 aliphatic rings. The summed E-state index contributed by atoms with van der Waals surface area (Å²) >= 11 is 0. The van der Waals surface area contributed by atoms with Gasteiger partial charge in [0, 0.05) is 0 Å². The Morgan fingerprint density at radius 1 is 0.487 bits per heavy atom. The Hall–Kier alpha value is 0.01000. The lowest BCUT2D eigenvalue weighted by Gasteiger charge is -2.34. The minimum Gasteiger partial charge on any atom is -1.00 e. The Morgan fingerprint density at radius 2 is 0.769 bits per heavy atom. The lowest BCUT2D eigenvalue weighted by atomic mass is 10.1. The first-order valence-corrected chi connectivity index (χ1v) is 16.0. The van der Waals surface area contributed by atoms with E-state index >= 15 is 0 Å². The van der Waals surface area contributed by atoms with Gasteiger partial charge in [-0.05, 0) is 19.3 Å². The number of unbranched alkanes of at least 4 members (excludes halogenated alkanes) is 9. The van der Waals surface area contributed by atoms with Crippen molar-refractivity contribution in [3.05, 3.63) is 0 Å². The molecule has 0 aliphatic carbocycles. The minimum atomic E-state index is -0.394. The lowest BCUT2D eigenvalue weighted by molar-refractivity contribution is -0.910. The molecule has 3 N–H and O–H groups in total. The van der Waals surface area contributed by atoms with E-state index in [2.05, 4.69) is 27.8 Å². The van der Waals surface area contributed by atoms with Gasteiger partial charge in [-0.2, -0.15) is 0 Å². The summed E-state index contributed by atoms with van der Waals surface area (Å²) in [7, 11) is 2.18. The molecule has 0 aromatic rings. The summed E-state index contributed by atoms with van der Waals surface area (Å²) in [4.78, 5) is 0. The maximum atomic E-state index is 10.2. The zero-order chi connectivity index (χ0) is 28.3. The molecule has 3 atom stereocenters. The lowest BCUT2D eigenvalue weighted by Crippen LogP contribution is -3.00. The van der Waals surface area contributed by atoms with Gasteiger partial charge in [0.25, 0.3) is 0 Å². The molecule has 0 bridgehead atoms. The number of rotatable bonds is 30. The Labute approximate surface area is 248 Å². The highest BCUT2D eigenvalue weighted by Gasteiger charge is 2.22. The van der Waals surface area contributed by atoms with Crippen LogP contribution in [0.5, 0.6) is 0 Å². The molecule has 238 valence electrons. The van der Waals surface area contributed by atoms with Gasteiger partial charge in [0.05, 0.1) is 65.0 Å². The molecular formula is C31H66ClNO6. The van der Waals surface area contributed by atoms with Crippen LogP contribution in [-0.4, -0.2) is 104 Å². The highest BCUT2D eigenvalue weighted by Crippen LogP contribution is 2.10. The van der Waals surface area contributed by atoms with Gasteiger partial charge in [0.15, 0.2) is 0 Å². The number of halogens is 1. The van der Waals surface area contributed by atoms with Crippen molar-refractivity contribution in [1.29, 1.82) is 0 Å². The summed E-state index contributed by atoms with van der Waals surface area (Å²) in [6.07, 6.45) is 15.2. The average molecular weight is 584 g/mol. The predicted octanol–water partition coefficient (Wildman–Crippen LogP) is 2.48. The van der Waals surface area contributed by atoms with Crippen LogP contribution in [-0.2, 0) is 14.2 Å². The normalized spacial score (nSPS) is 15.5. The van der Waals surface area contributed by atoms with Gasteiger partial charge in [-0.25, -0.2) is 0 Å². The minimum absolute atomic E-state index is 0. The van der Waals surface area contributed by atoms with Gasteiger partial charge in [0.2, 0.25) is 0 Å². The Balaban J connectivity index is 0. The summed E-state index contributed by atoms with van der Waals surface area (Å²) in [5.74, 6) is 0. The van der Waals surface area contributed by atoms with Crippen LogP contribution in [0.2, 0.25) is 0 Å². The third kappa shape index (κ3) is 27.9. The molecule has 0 saturated heterocycles. The maximum Gasteiger partial charge on any atom is 0.102 e.